The number of ether oxygens (including phenoxy) is 2. The minimum Gasteiger partial charge on any atom is -0.396 e. The SMILES string of the molecule is COC1CN(c2sc(C#N)c(N)c2SC)CC1OC. The van der Waals surface area contributed by atoms with Crippen LogP contribution >= 0.6 is 23.1 Å². The molecule has 2 atom stereocenters. The quantitative estimate of drug-likeness (QED) is 0.854. The molecule has 0 aromatic carbocycles. The van der Waals surface area contributed by atoms with Crippen LogP contribution in [0.3, 0.4) is 0 Å². The Hall–Kier alpha value is -0.940. The standard InChI is InChI=1S/C12H17N3O2S2/c1-16-7-5-15(6-8(7)17-2)12-11(18-3)10(14)9(4-13)19-12/h7-8H,5-6,14H2,1-3H3. The van der Waals surface area contributed by atoms with Crippen molar-refractivity contribution in [1.29, 1.82) is 5.26 Å². The smallest absolute Gasteiger partial charge is 0.131 e. The van der Waals surface area contributed by atoms with Crippen LogP contribution in [0.2, 0.25) is 0 Å². The van der Waals surface area contributed by atoms with Gasteiger partial charge in [0.15, 0.2) is 0 Å². The van der Waals surface area contributed by atoms with Crippen LogP contribution < -0.4 is 10.6 Å². The fourth-order valence-corrected chi connectivity index (χ4v) is 4.26. The van der Waals surface area contributed by atoms with E-state index in [0.717, 1.165) is 23.0 Å². The number of nitrogens with two attached hydrogens (primary N) is 1. The van der Waals surface area contributed by atoms with Crippen LogP contribution in [-0.2, 0) is 9.47 Å². The minimum absolute atomic E-state index is 0.0496. The molecule has 1 aliphatic rings. The Kier molecular flexibility index (Phi) is 4.58. The number of hydrogen-bond donors (Lipinski definition) is 1. The van der Waals surface area contributed by atoms with Gasteiger partial charge in [0.05, 0.1) is 10.6 Å². The number of nitriles is 1. The molecule has 104 valence electrons. The molecule has 0 radical (unpaired) electrons. The van der Waals surface area contributed by atoms with Crippen molar-refractivity contribution in [2.45, 2.75) is 17.1 Å². The lowest BCUT2D eigenvalue weighted by molar-refractivity contribution is -0.00461. The number of nitrogens with zero attached hydrogens (tertiary/aromatic N) is 2. The zero-order chi connectivity index (χ0) is 14.0. The Morgan fingerprint density at radius 2 is 1.95 bits per heavy atom. The van der Waals surface area contributed by atoms with Crippen LogP contribution in [0.1, 0.15) is 4.88 Å². The number of thioether (sulfide) groups is 1. The van der Waals surface area contributed by atoms with Crippen LogP contribution in [0.5, 0.6) is 0 Å². The molecule has 1 saturated heterocycles. The second-order valence-corrected chi connectivity index (χ2v) is 6.06. The van der Waals surface area contributed by atoms with E-state index in [9.17, 15) is 0 Å². The molecular weight excluding hydrogens is 282 g/mol. The zero-order valence-electron chi connectivity index (χ0n) is 11.2. The fourth-order valence-electron chi connectivity index (χ4n) is 2.27. The van der Waals surface area contributed by atoms with Gasteiger partial charge in [-0.15, -0.1) is 23.1 Å². The van der Waals surface area contributed by atoms with Crippen molar-refractivity contribution in [3.63, 3.8) is 0 Å². The van der Waals surface area contributed by atoms with Crippen molar-refractivity contribution in [1.82, 2.24) is 0 Å². The number of nitrogen functional groups attached to an aromatic ring is 1. The molecule has 1 fully saturated rings. The second kappa shape index (κ2) is 6.01. The summed E-state index contributed by atoms with van der Waals surface area (Å²) in [5.41, 5.74) is 6.59. The molecule has 7 heteroatoms. The lowest BCUT2D eigenvalue weighted by Crippen LogP contribution is -2.27. The topological polar surface area (TPSA) is 71.5 Å². The largest absolute Gasteiger partial charge is 0.396 e. The van der Waals surface area contributed by atoms with Gasteiger partial charge in [-0.05, 0) is 6.26 Å². The first-order chi connectivity index (χ1) is 9.15. The van der Waals surface area contributed by atoms with E-state index in [1.54, 1.807) is 26.0 Å². The van der Waals surface area contributed by atoms with E-state index in [1.165, 1.54) is 11.3 Å². The van der Waals surface area contributed by atoms with Crippen LogP contribution in [0.4, 0.5) is 10.7 Å². The molecule has 0 aliphatic carbocycles. The van der Waals surface area contributed by atoms with E-state index < -0.39 is 0 Å². The third-order valence-electron chi connectivity index (χ3n) is 3.30. The van der Waals surface area contributed by atoms with Crippen molar-refractivity contribution < 1.29 is 9.47 Å². The van der Waals surface area contributed by atoms with Crippen LogP contribution in [0, 0.1) is 11.3 Å². The summed E-state index contributed by atoms with van der Waals surface area (Å²) < 4.78 is 10.9. The van der Waals surface area contributed by atoms with Crippen LogP contribution in [-0.4, -0.2) is 45.8 Å². The number of anilines is 2. The third kappa shape index (κ3) is 2.54. The lowest BCUT2D eigenvalue weighted by atomic mass is 10.3. The number of methoxy groups -OCH3 is 2. The maximum absolute atomic E-state index is 9.09. The van der Waals surface area contributed by atoms with Gasteiger partial charge in [0.2, 0.25) is 0 Å². The Morgan fingerprint density at radius 3 is 2.37 bits per heavy atom. The zero-order valence-corrected chi connectivity index (χ0v) is 12.8. The van der Waals surface area contributed by atoms with Gasteiger partial charge < -0.3 is 20.1 Å². The van der Waals surface area contributed by atoms with E-state index in [-0.39, 0.29) is 12.2 Å². The summed E-state index contributed by atoms with van der Waals surface area (Å²) in [5.74, 6) is 0. The molecule has 1 aromatic rings. The molecule has 2 unspecified atom stereocenters. The average Bonchev–Trinajstić information content (AvgIpc) is 2.98. The second-order valence-electron chi connectivity index (χ2n) is 4.25. The molecule has 2 N–H and O–H groups in total. The highest BCUT2D eigenvalue weighted by molar-refractivity contribution is 7.99. The molecule has 2 rings (SSSR count). The molecular formula is C12H17N3O2S2. The lowest BCUT2D eigenvalue weighted by Gasteiger charge is -2.17. The van der Waals surface area contributed by atoms with Gasteiger partial charge in [-0.1, -0.05) is 0 Å². The van der Waals surface area contributed by atoms with E-state index in [2.05, 4.69) is 11.0 Å². The predicted molar refractivity (Wildman–Crippen MR) is 79.0 cm³/mol. The Morgan fingerprint density at radius 1 is 1.37 bits per heavy atom. The summed E-state index contributed by atoms with van der Waals surface area (Å²) in [6, 6.07) is 2.16. The van der Waals surface area contributed by atoms with Gasteiger partial charge in [0.25, 0.3) is 0 Å². The van der Waals surface area contributed by atoms with E-state index >= 15 is 0 Å². The van der Waals surface area contributed by atoms with Crippen molar-refractivity contribution in [2.75, 3.05) is 44.2 Å². The first-order valence-electron chi connectivity index (χ1n) is 5.83. The molecule has 2 heterocycles. The summed E-state index contributed by atoms with van der Waals surface area (Å²) in [7, 11) is 3.39. The van der Waals surface area contributed by atoms with Crippen LogP contribution in [0.15, 0.2) is 4.90 Å². The third-order valence-corrected chi connectivity index (χ3v) is 5.42. The van der Waals surface area contributed by atoms with Gasteiger partial charge in [-0.2, -0.15) is 5.26 Å². The van der Waals surface area contributed by atoms with Crippen molar-refractivity contribution in [2.24, 2.45) is 0 Å². The molecule has 1 aliphatic heterocycles. The summed E-state index contributed by atoms with van der Waals surface area (Å²) in [6.45, 7) is 1.51. The Balaban J connectivity index is 2.31. The maximum Gasteiger partial charge on any atom is 0.131 e. The van der Waals surface area contributed by atoms with Crippen molar-refractivity contribution in [3.05, 3.63) is 4.88 Å². The molecule has 0 amide bonds. The highest BCUT2D eigenvalue weighted by Crippen LogP contribution is 2.44. The molecule has 0 bridgehead atoms. The van der Waals surface area contributed by atoms with Crippen molar-refractivity contribution >= 4 is 33.8 Å². The fraction of sp³-hybridized carbons (Fsp3) is 0.583. The molecule has 0 spiro atoms. The molecule has 0 saturated carbocycles. The van der Waals surface area contributed by atoms with Gasteiger partial charge in [-0.25, -0.2) is 0 Å². The van der Waals surface area contributed by atoms with Crippen molar-refractivity contribution in [3.8, 4) is 6.07 Å². The number of hydrogen-bond acceptors (Lipinski definition) is 7. The summed E-state index contributed by atoms with van der Waals surface area (Å²) in [5, 5.41) is 10.1. The summed E-state index contributed by atoms with van der Waals surface area (Å²) in [4.78, 5) is 3.75. The predicted octanol–water partition coefficient (Wildman–Crippen LogP) is 1.77. The highest BCUT2D eigenvalue weighted by Gasteiger charge is 2.35. The van der Waals surface area contributed by atoms with Gasteiger partial charge >= 0.3 is 0 Å². The van der Waals surface area contributed by atoms with Gasteiger partial charge in [0.1, 0.15) is 28.2 Å². The van der Waals surface area contributed by atoms with E-state index in [0.29, 0.717) is 10.6 Å². The normalized spacial score (nSPS) is 22.7. The highest BCUT2D eigenvalue weighted by atomic mass is 32.2. The molecule has 5 nitrogen and oxygen atoms in total. The molecule has 1 aromatic heterocycles. The number of thiophene rings is 1. The average molecular weight is 299 g/mol. The van der Waals surface area contributed by atoms with Gasteiger partial charge in [0, 0.05) is 27.3 Å². The monoisotopic (exact) mass is 299 g/mol. The first-order valence-corrected chi connectivity index (χ1v) is 7.87. The van der Waals surface area contributed by atoms with E-state index in [4.69, 9.17) is 20.5 Å². The number of rotatable bonds is 4. The Labute approximate surface area is 121 Å². The van der Waals surface area contributed by atoms with Gasteiger partial charge in [-0.3, -0.25) is 0 Å². The van der Waals surface area contributed by atoms with E-state index in [1.807, 2.05) is 6.26 Å². The summed E-state index contributed by atoms with van der Waals surface area (Å²) >= 11 is 3.01. The van der Waals surface area contributed by atoms with Crippen LogP contribution in [0.25, 0.3) is 0 Å². The summed E-state index contributed by atoms with van der Waals surface area (Å²) in [6.07, 6.45) is 2.07. The first kappa shape index (κ1) is 14.5. The molecule has 19 heavy (non-hydrogen) atoms. The Bertz CT molecular complexity index is 486. The maximum atomic E-state index is 9.09. The minimum atomic E-state index is 0.0496.